The van der Waals surface area contributed by atoms with Crippen LogP contribution in [0.4, 0.5) is 0 Å². The number of amides is 2. The van der Waals surface area contributed by atoms with Gasteiger partial charge in [-0.05, 0) is 101 Å². The van der Waals surface area contributed by atoms with Crippen LogP contribution < -0.4 is 17.0 Å². The van der Waals surface area contributed by atoms with Gasteiger partial charge in [-0.3, -0.25) is 14.6 Å². The number of pyridine rings is 2. The van der Waals surface area contributed by atoms with Crippen LogP contribution in [-0.4, -0.2) is 51.8 Å². The van der Waals surface area contributed by atoms with E-state index < -0.39 is 0 Å². The maximum atomic E-state index is 11.4. The second-order valence-corrected chi connectivity index (χ2v) is 13.0. The molecule has 0 spiro atoms. The van der Waals surface area contributed by atoms with Crippen molar-refractivity contribution in [2.24, 2.45) is 5.92 Å². The van der Waals surface area contributed by atoms with Gasteiger partial charge in [0.15, 0.2) is 18.4 Å². The highest BCUT2D eigenvalue weighted by molar-refractivity contribution is 5.80. The summed E-state index contributed by atoms with van der Waals surface area (Å²) in [6.45, 7) is 25.8. The van der Waals surface area contributed by atoms with Crippen LogP contribution in [0, 0.1) is 5.92 Å². The van der Waals surface area contributed by atoms with Crippen LogP contribution in [0.3, 0.4) is 0 Å². The zero-order valence-electron chi connectivity index (χ0n) is 30.4. The Kier molecular flexibility index (Phi) is 21.7. The zero-order chi connectivity index (χ0) is 33.2. The van der Waals surface area contributed by atoms with Crippen molar-refractivity contribution in [2.75, 3.05) is 13.1 Å². The molecule has 2 aliphatic heterocycles. The molecule has 0 radical (unpaired) electrons. The Balaban J connectivity index is 0.000000573. The van der Waals surface area contributed by atoms with Crippen LogP contribution in [0.1, 0.15) is 150 Å². The van der Waals surface area contributed by atoms with Gasteiger partial charge in [0.2, 0.25) is 11.8 Å². The number of carbonyl (C=O) groups excluding carboxylic acids is 2. The molecule has 45 heavy (non-hydrogen) atoms. The summed E-state index contributed by atoms with van der Waals surface area (Å²) in [5.41, 5.74) is 2.83. The van der Waals surface area contributed by atoms with Crippen molar-refractivity contribution in [3.05, 3.63) is 60.2 Å². The first-order valence-electron chi connectivity index (χ1n) is 17.4. The molecular formula is C38H65ClN4O2. The third-order valence-electron chi connectivity index (χ3n) is 9.41. The molecule has 2 aliphatic rings. The number of carbonyl (C=O) groups is 2. The van der Waals surface area contributed by atoms with E-state index in [1.807, 2.05) is 29.1 Å². The van der Waals surface area contributed by atoms with Gasteiger partial charge in [-0.25, -0.2) is 4.57 Å². The van der Waals surface area contributed by atoms with Crippen LogP contribution in [-0.2, 0) is 9.59 Å². The van der Waals surface area contributed by atoms with E-state index >= 15 is 0 Å². The molecule has 6 nitrogen and oxygen atoms in total. The fourth-order valence-electron chi connectivity index (χ4n) is 5.15. The molecule has 2 aromatic rings. The van der Waals surface area contributed by atoms with Gasteiger partial charge in [0.1, 0.15) is 0 Å². The highest BCUT2D eigenvalue weighted by Crippen LogP contribution is 2.21. The number of nitrogens with zero attached hydrogens (tertiary/aromatic N) is 4. The lowest BCUT2D eigenvalue weighted by molar-refractivity contribution is -0.716. The minimum Gasteiger partial charge on any atom is -1.00 e. The minimum atomic E-state index is 0. The minimum absolute atomic E-state index is 0. The topological polar surface area (TPSA) is 57.4 Å². The monoisotopic (exact) mass is 644 g/mol. The molecule has 2 fully saturated rings. The molecule has 0 aromatic carbocycles. The van der Waals surface area contributed by atoms with Gasteiger partial charge in [0, 0.05) is 62.0 Å². The molecule has 5 unspecified atom stereocenters. The molecule has 256 valence electrons. The predicted molar refractivity (Wildman–Crippen MR) is 185 cm³/mol. The maximum Gasteiger partial charge on any atom is 0.225 e. The molecular weight excluding hydrogens is 580 g/mol. The average Bonchev–Trinajstić information content (AvgIpc) is 3.64. The van der Waals surface area contributed by atoms with Crippen LogP contribution in [0.2, 0.25) is 0 Å². The molecule has 4 heterocycles. The van der Waals surface area contributed by atoms with Gasteiger partial charge in [0.05, 0.1) is 0 Å². The summed E-state index contributed by atoms with van der Waals surface area (Å²) in [5, 5.41) is 0. The molecule has 0 N–H and O–H groups in total. The standard InChI is InChI=1S/C12H20N.C9H17NO.C9H13N.C8H15NO.ClH/c1-5-11(4)12-6-8-13(9-7-12)10(2)3;1-4-8(3)10-6-5-7(2)9(10)11;1-3-8(2)9-4-6-10-7-5-9;1-3-7(2)9-6-4-5-8(9)10;/h6-11H,5H2,1-4H3;7-8H,4-6H2,1-3H3;4-8H,3H2,1-2H3;7H,3-6H2,1-2H3;1H/q+1;;;;/p-1. The van der Waals surface area contributed by atoms with E-state index in [1.54, 1.807) is 0 Å². The van der Waals surface area contributed by atoms with Gasteiger partial charge in [-0.15, -0.1) is 0 Å². The number of rotatable bonds is 9. The number of aromatic nitrogens is 2. The predicted octanol–water partition coefficient (Wildman–Crippen LogP) is 5.73. The van der Waals surface area contributed by atoms with Crippen LogP contribution >= 0.6 is 0 Å². The molecule has 4 rings (SSSR count). The van der Waals surface area contributed by atoms with Crippen LogP contribution in [0.25, 0.3) is 0 Å². The molecule has 0 bridgehead atoms. The van der Waals surface area contributed by atoms with Crippen LogP contribution in [0.15, 0.2) is 49.1 Å². The van der Waals surface area contributed by atoms with Crippen molar-refractivity contribution in [3.8, 4) is 0 Å². The summed E-state index contributed by atoms with van der Waals surface area (Å²) in [6, 6.07) is 10.1. The van der Waals surface area contributed by atoms with Gasteiger partial charge in [0.25, 0.3) is 0 Å². The Morgan fingerprint density at radius 2 is 1.24 bits per heavy atom. The molecule has 0 saturated carbocycles. The Morgan fingerprint density at radius 3 is 1.62 bits per heavy atom. The summed E-state index contributed by atoms with van der Waals surface area (Å²) in [7, 11) is 0. The van der Waals surface area contributed by atoms with E-state index in [9.17, 15) is 9.59 Å². The van der Waals surface area contributed by atoms with Gasteiger partial charge in [-0.2, -0.15) is 0 Å². The summed E-state index contributed by atoms with van der Waals surface area (Å²) >= 11 is 0. The largest absolute Gasteiger partial charge is 1.00 e. The first-order chi connectivity index (χ1) is 20.9. The Morgan fingerprint density at radius 1 is 0.756 bits per heavy atom. The van der Waals surface area contributed by atoms with Gasteiger partial charge in [-0.1, -0.05) is 48.5 Å². The number of hydrogen-bond donors (Lipinski definition) is 0. The van der Waals surface area contributed by atoms with E-state index in [1.165, 1.54) is 24.0 Å². The van der Waals surface area contributed by atoms with Crippen molar-refractivity contribution < 1.29 is 26.6 Å². The van der Waals surface area contributed by atoms with Crippen molar-refractivity contribution >= 4 is 11.8 Å². The van der Waals surface area contributed by atoms with Crippen molar-refractivity contribution in [1.82, 2.24) is 14.8 Å². The third kappa shape index (κ3) is 14.7. The quantitative estimate of drug-likeness (QED) is 0.328. The smallest absolute Gasteiger partial charge is 0.225 e. The van der Waals surface area contributed by atoms with E-state index in [0.717, 1.165) is 45.2 Å². The zero-order valence-corrected chi connectivity index (χ0v) is 31.2. The molecule has 7 heteroatoms. The second-order valence-electron chi connectivity index (χ2n) is 13.0. The van der Waals surface area contributed by atoms with Crippen molar-refractivity contribution in [2.45, 2.75) is 151 Å². The fraction of sp³-hybridized carbons (Fsp3) is 0.684. The van der Waals surface area contributed by atoms with E-state index in [-0.39, 0.29) is 18.3 Å². The molecule has 2 amide bonds. The van der Waals surface area contributed by atoms with Gasteiger partial charge >= 0.3 is 0 Å². The maximum absolute atomic E-state index is 11.4. The lowest BCUT2D eigenvalue weighted by Crippen LogP contribution is -3.00. The normalized spacial score (nSPS) is 18.4. The summed E-state index contributed by atoms with van der Waals surface area (Å²) in [6.07, 6.45) is 15.5. The lowest BCUT2D eigenvalue weighted by atomic mass is 10.0. The van der Waals surface area contributed by atoms with Crippen LogP contribution in [0.5, 0.6) is 0 Å². The third-order valence-corrected chi connectivity index (χ3v) is 9.41. The molecule has 0 aliphatic carbocycles. The van der Waals surface area contributed by atoms with E-state index in [0.29, 0.717) is 41.8 Å². The second kappa shape index (κ2) is 22.9. The first-order valence-corrected chi connectivity index (χ1v) is 17.4. The number of likely N-dealkylation sites (tertiary alicyclic amines) is 2. The molecule has 2 saturated heterocycles. The number of hydrogen-bond acceptors (Lipinski definition) is 3. The van der Waals surface area contributed by atoms with Gasteiger partial charge < -0.3 is 22.2 Å². The lowest BCUT2D eigenvalue weighted by Gasteiger charge is -2.23. The highest BCUT2D eigenvalue weighted by atomic mass is 35.5. The molecule has 2 aromatic heterocycles. The van der Waals surface area contributed by atoms with Crippen molar-refractivity contribution in [3.63, 3.8) is 0 Å². The Bertz CT molecular complexity index is 1060. The Hall–Kier alpha value is -2.47. The van der Waals surface area contributed by atoms with E-state index in [4.69, 9.17) is 0 Å². The fourth-order valence-corrected chi connectivity index (χ4v) is 5.15. The van der Waals surface area contributed by atoms with Crippen molar-refractivity contribution in [1.29, 1.82) is 0 Å². The molecule has 5 atom stereocenters. The Labute approximate surface area is 282 Å². The number of halogens is 1. The highest BCUT2D eigenvalue weighted by Gasteiger charge is 2.30. The SMILES string of the molecule is CCC(C)N1CCC(C)C1=O.CCC(C)N1CCCC1=O.CCC(C)c1cc[n+](C(C)C)cc1.CCC(C)c1ccncc1.[Cl-]. The first kappa shape index (κ1) is 42.5. The summed E-state index contributed by atoms with van der Waals surface area (Å²) in [4.78, 5) is 30.5. The van der Waals surface area contributed by atoms with E-state index in [2.05, 4.69) is 115 Å². The summed E-state index contributed by atoms with van der Waals surface area (Å²) < 4.78 is 2.23. The summed E-state index contributed by atoms with van der Waals surface area (Å²) in [5.74, 6) is 2.31. The average molecular weight is 645 g/mol.